The molecule has 1 aliphatic heterocycles. The van der Waals surface area contributed by atoms with Gasteiger partial charge in [-0.25, -0.2) is 9.18 Å². The van der Waals surface area contributed by atoms with Gasteiger partial charge < -0.3 is 9.64 Å². The minimum Gasteiger partial charge on any atom is -0.462 e. The lowest BCUT2D eigenvalue weighted by Gasteiger charge is -2.42. The Kier molecular flexibility index (Phi) is 5.87. The lowest BCUT2D eigenvalue weighted by atomic mass is 9.88. The Morgan fingerprint density at radius 1 is 1.24 bits per heavy atom. The van der Waals surface area contributed by atoms with Gasteiger partial charge in [-0.1, -0.05) is 12.1 Å². The molecule has 4 nitrogen and oxygen atoms in total. The van der Waals surface area contributed by atoms with E-state index in [4.69, 9.17) is 4.74 Å². The van der Waals surface area contributed by atoms with Crippen LogP contribution in [0.4, 0.5) is 15.8 Å². The van der Waals surface area contributed by atoms with Crippen LogP contribution in [0.5, 0.6) is 0 Å². The monoisotopic (exact) mass is 394 g/mol. The van der Waals surface area contributed by atoms with Crippen LogP contribution in [0, 0.1) is 5.82 Å². The number of esters is 1. The van der Waals surface area contributed by atoms with Gasteiger partial charge in [0.1, 0.15) is 5.82 Å². The average molecular weight is 394 g/mol. The summed E-state index contributed by atoms with van der Waals surface area (Å²) in [5.74, 6) is -0.717. The number of hydrogen-bond acceptors (Lipinski definition) is 4. The molecule has 0 N–H and O–H groups in total. The molecule has 0 radical (unpaired) electrons. The average Bonchev–Trinajstić information content (AvgIpc) is 2.67. The molecule has 0 aromatic heterocycles. The molecule has 0 saturated carbocycles. The van der Waals surface area contributed by atoms with Crippen LogP contribution in [0.25, 0.3) is 5.57 Å². The number of aliphatic imine (C=N–C) groups is 1. The van der Waals surface area contributed by atoms with E-state index in [0.29, 0.717) is 23.4 Å². The first-order chi connectivity index (χ1) is 13.8. The van der Waals surface area contributed by atoms with E-state index in [1.165, 1.54) is 6.21 Å². The molecule has 0 saturated heterocycles. The number of rotatable bonds is 5. The summed E-state index contributed by atoms with van der Waals surface area (Å²) in [5, 5.41) is 0. The molecule has 29 heavy (non-hydrogen) atoms. The van der Waals surface area contributed by atoms with Crippen LogP contribution in [0.1, 0.15) is 56.1 Å². The topological polar surface area (TPSA) is 41.9 Å². The van der Waals surface area contributed by atoms with Crippen LogP contribution in [0.15, 0.2) is 47.5 Å². The fourth-order valence-electron chi connectivity index (χ4n) is 3.86. The van der Waals surface area contributed by atoms with Gasteiger partial charge in [0.2, 0.25) is 0 Å². The van der Waals surface area contributed by atoms with Crippen molar-refractivity contribution in [3.8, 4) is 0 Å². The number of halogens is 1. The van der Waals surface area contributed by atoms with Crippen molar-refractivity contribution in [2.75, 3.05) is 18.1 Å². The number of carbonyl (C=O) groups is 1. The second kappa shape index (κ2) is 8.19. The number of fused-ring (bicyclic) bond motifs is 1. The summed E-state index contributed by atoms with van der Waals surface area (Å²) >= 11 is 0. The minimum atomic E-state index is -0.396. The molecule has 0 atom stereocenters. The van der Waals surface area contributed by atoms with E-state index in [2.05, 4.69) is 43.7 Å². The van der Waals surface area contributed by atoms with Crippen molar-refractivity contribution in [1.29, 1.82) is 0 Å². The summed E-state index contributed by atoms with van der Waals surface area (Å²) in [6.07, 6.45) is 3.71. The number of hydrogen-bond donors (Lipinski definition) is 0. The van der Waals surface area contributed by atoms with Crippen LogP contribution < -0.4 is 4.90 Å². The number of carbonyl (C=O) groups excluding carboxylic acids is 1. The van der Waals surface area contributed by atoms with Gasteiger partial charge >= 0.3 is 5.97 Å². The van der Waals surface area contributed by atoms with Crippen LogP contribution in [-0.2, 0) is 4.74 Å². The molecule has 0 bridgehead atoms. The lowest BCUT2D eigenvalue weighted by Crippen LogP contribution is -2.45. The molecule has 0 amide bonds. The summed E-state index contributed by atoms with van der Waals surface area (Å²) in [6.45, 7) is 11.2. The van der Waals surface area contributed by atoms with Gasteiger partial charge in [-0.3, -0.25) is 4.99 Å². The molecular formula is C24H27FN2O2. The predicted molar refractivity (Wildman–Crippen MR) is 117 cm³/mol. The van der Waals surface area contributed by atoms with Crippen molar-refractivity contribution in [2.45, 2.75) is 40.2 Å². The van der Waals surface area contributed by atoms with E-state index >= 15 is 0 Å². The highest BCUT2D eigenvalue weighted by Crippen LogP contribution is 2.39. The first kappa shape index (κ1) is 20.8. The number of ether oxygens (including phenoxy) is 1. The molecule has 152 valence electrons. The van der Waals surface area contributed by atoms with Gasteiger partial charge in [0.05, 0.1) is 23.4 Å². The first-order valence-electron chi connectivity index (χ1n) is 9.89. The Hall–Kier alpha value is -2.95. The summed E-state index contributed by atoms with van der Waals surface area (Å²) in [5.41, 5.74) is 4.26. The highest BCUT2D eigenvalue weighted by Gasteiger charge is 2.30. The molecule has 3 rings (SSSR count). The van der Waals surface area contributed by atoms with E-state index < -0.39 is 5.97 Å². The third-order valence-corrected chi connectivity index (χ3v) is 5.12. The standard InChI is InChI=1S/C24H27FN2O2/c1-6-27-22-13-21(25)18(12-20(22)16(3)14-24(27,4)5)15-26-19-10-8-9-17(11-19)23(28)29-7-2/h8-15H,6-7H2,1-5H3. The van der Waals surface area contributed by atoms with E-state index in [0.717, 1.165) is 23.4 Å². The molecule has 0 unspecified atom stereocenters. The zero-order valence-corrected chi connectivity index (χ0v) is 17.6. The minimum absolute atomic E-state index is 0.165. The molecule has 0 spiro atoms. The Balaban J connectivity index is 1.95. The summed E-state index contributed by atoms with van der Waals surface area (Å²) in [4.78, 5) is 18.5. The normalized spacial score (nSPS) is 15.2. The molecule has 0 aliphatic carbocycles. The smallest absolute Gasteiger partial charge is 0.338 e. The quantitative estimate of drug-likeness (QED) is 0.477. The SMILES string of the molecule is CCOC(=O)c1cccc(N=Cc2cc3c(cc2F)N(CC)C(C)(C)C=C3C)c1. The molecule has 1 aliphatic rings. The predicted octanol–water partition coefficient (Wildman–Crippen LogP) is 5.77. The number of likely N-dealkylation sites (N-methyl/N-ethyl adjacent to an activating group) is 1. The first-order valence-corrected chi connectivity index (χ1v) is 9.89. The Morgan fingerprint density at radius 3 is 2.69 bits per heavy atom. The zero-order chi connectivity index (χ0) is 21.2. The van der Waals surface area contributed by atoms with Crippen molar-refractivity contribution in [3.05, 3.63) is 65.0 Å². The maximum absolute atomic E-state index is 14.9. The molecule has 2 aromatic rings. The number of allylic oxidation sites excluding steroid dienone is 1. The molecule has 5 heteroatoms. The van der Waals surface area contributed by atoms with E-state index in [-0.39, 0.29) is 11.4 Å². The van der Waals surface area contributed by atoms with E-state index in [1.807, 2.05) is 6.07 Å². The molecule has 2 aromatic carbocycles. The van der Waals surface area contributed by atoms with Gasteiger partial charge in [0.15, 0.2) is 0 Å². The van der Waals surface area contributed by atoms with Crippen molar-refractivity contribution < 1.29 is 13.9 Å². The van der Waals surface area contributed by atoms with Gasteiger partial charge in [-0.15, -0.1) is 0 Å². The lowest BCUT2D eigenvalue weighted by molar-refractivity contribution is 0.0526. The summed E-state index contributed by atoms with van der Waals surface area (Å²) in [7, 11) is 0. The maximum Gasteiger partial charge on any atom is 0.338 e. The summed E-state index contributed by atoms with van der Waals surface area (Å²) < 4.78 is 19.9. The van der Waals surface area contributed by atoms with Gasteiger partial charge in [-0.05, 0) is 70.5 Å². The number of anilines is 1. The van der Waals surface area contributed by atoms with Crippen molar-refractivity contribution in [1.82, 2.24) is 0 Å². The zero-order valence-electron chi connectivity index (χ0n) is 17.6. The summed E-state index contributed by atoms with van der Waals surface area (Å²) in [6, 6.07) is 10.2. The van der Waals surface area contributed by atoms with Gasteiger partial charge in [0, 0.05) is 29.6 Å². The van der Waals surface area contributed by atoms with Crippen molar-refractivity contribution >= 4 is 29.1 Å². The van der Waals surface area contributed by atoms with Gasteiger partial charge in [0.25, 0.3) is 0 Å². The fourth-order valence-corrected chi connectivity index (χ4v) is 3.86. The Morgan fingerprint density at radius 2 is 2.00 bits per heavy atom. The van der Waals surface area contributed by atoms with Crippen LogP contribution in [0.3, 0.4) is 0 Å². The van der Waals surface area contributed by atoms with Crippen LogP contribution in [-0.4, -0.2) is 30.9 Å². The molecule has 1 heterocycles. The van der Waals surface area contributed by atoms with Crippen molar-refractivity contribution in [3.63, 3.8) is 0 Å². The molecule has 0 fully saturated rings. The third kappa shape index (κ3) is 4.24. The Labute approximate surface area is 171 Å². The number of benzene rings is 2. The number of nitrogens with zero attached hydrogens (tertiary/aromatic N) is 2. The third-order valence-electron chi connectivity index (χ3n) is 5.12. The second-order valence-electron chi connectivity index (χ2n) is 7.65. The van der Waals surface area contributed by atoms with Crippen LogP contribution in [0.2, 0.25) is 0 Å². The van der Waals surface area contributed by atoms with Crippen LogP contribution >= 0.6 is 0 Å². The maximum atomic E-state index is 14.9. The largest absolute Gasteiger partial charge is 0.462 e. The Bertz CT molecular complexity index is 992. The highest BCUT2D eigenvalue weighted by atomic mass is 19.1. The van der Waals surface area contributed by atoms with Crippen molar-refractivity contribution in [2.24, 2.45) is 4.99 Å². The van der Waals surface area contributed by atoms with E-state index in [1.54, 1.807) is 37.3 Å². The fraction of sp³-hybridized carbons (Fsp3) is 0.333. The van der Waals surface area contributed by atoms with E-state index in [9.17, 15) is 9.18 Å². The molecular weight excluding hydrogens is 367 g/mol. The second-order valence-corrected chi connectivity index (χ2v) is 7.65. The van der Waals surface area contributed by atoms with Gasteiger partial charge in [-0.2, -0.15) is 0 Å². The highest BCUT2D eigenvalue weighted by molar-refractivity contribution is 5.92.